The Kier molecular flexibility index (Phi) is 6.97. The number of rotatable bonds is 7. The predicted octanol–water partition coefficient (Wildman–Crippen LogP) is 3.87. The Morgan fingerprint density at radius 2 is 1.97 bits per heavy atom. The van der Waals surface area contributed by atoms with Gasteiger partial charge in [-0.1, -0.05) is 24.3 Å². The van der Waals surface area contributed by atoms with E-state index in [1.807, 2.05) is 6.07 Å². The first kappa shape index (κ1) is 23.9. The first-order chi connectivity index (χ1) is 16.2. The van der Waals surface area contributed by atoms with Crippen LogP contribution in [0.4, 0.5) is 15.1 Å². The molecule has 0 saturated carbocycles. The largest absolute Gasteiger partial charge is 0.316 e. The molecule has 3 aromatic rings. The molecule has 0 radical (unpaired) electrons. The van der Waals surface area contributed by atoms with Crippen molar-refractivity contribution in [3.05, 3.63) is 81.5 Å². The summed E-state index contributed by atoms with van der Waals surface area (Å²) in [6.45, 7) is 1.94. The van der Waals surface area contributed by atoms with Crippen LogP contribution in [-0.2, 0) is 40.7 Å². The molecule has 2 aromatic carbocycles. The minimum absolute atomic E-state index is 0.0955. The Morgan fingerprint density at radius 1 is 1.21 bits per heavy atom. The van der Waals surface area contributed by atoms with Crippen molar-refractivity contribution in [2.45, 2.75) is 25.9 Å². The standard InChI is InChI=1S/C24H23FN4O3S2/c1-34(31,32)28-19-7-5-16(6-8-19)12-23(30)27-24-20(13-26)21-15-29(10-9-22(21)33-24)14-17-3-2-4-18(25)11-17/h2-8,11,28H,9-10,12,14-15H2,1H3,(H,27,30). The lowest BCUT2D eigenvalue weighted by Crippen LogP contribution is -2.29. The number of sulfonamides is 1. The van der Waals surface area contributed by atoms with Crippen LogP contribution in [0, 0.1) is 17.1 Å². The maximum Gasteiger partial charge on any atom is 0.229 e. The maximum absolute atomic E-state index is 13.5. The summed E-state index contributed by atoms with van der Waals surface area (Å²) in [4.78, 5) is 15.9. The van der Waals surface area contributed by atoms with E-state index in [1.165, 1.54) is 23.5 Å². The van der Waals surface area contributed by atoms with Crippen LogP contribution in [0.1, 0.15) is 27.1 Å². The predicted molar refractivity (Wildman–Crippen MR) is 130 cm³/mol. The minimum atomic E-state index is -3.37. The van der Waals surface area contributed by atoms with E-state index in [1.54, 1.807) is 30.3 Å². The van der Waals surface area contributed by atoms with Gasteiger partial charge in [0.05, 0.1) is 18.2 Å². The number of hydrogen-bond acceptors (Lipinski definition) is 6. The van der Waals surface area contributed by atoms with E-state index >= 15 is 0 Å². The van der Waals surface area contributed by atoms with Crippen LogP contribution in [0.2, 0.25) is 0 Å². The fourth-order valence-corrected chi connectivity index (χ4v) is 5.67. The maximum atomic E-state index is 13.5. The molecular formula is C24H23FN4O3S2. The second-order valence-corrected chi connectivity index (χ2v) is 11.1. The average molecular weight is 499 g/mol. The van der Waals surface area contributed by atoms with Gasteiger partial charge in [0.2, 0.25) is 15.9 Å². The molecule has 1 aromatic heterocycles. The molecule has 176 valence electrons. The molecule has 1 amide bonds. The zero-order valence-electron chi connectivity index (χ0n) is 18.5. The second-order valence-electron chi connectivity index (χ2n) is 8.21. The van der Waals surface area contributed by atoms with Crippen molar-refractivity contribution in [2.75, 3.05) is 22.8 Å². The monoisotopic (exact) mass is 498 g/mol. The van der Waals surface area contributed by atoms with Gasteiger partial charge >= 0.3 is 0 Å². The molecule has 0 fully saturated rings. The highest BCUT2D eigenvalue weighted by Crippen LogP contribution is 2.37. The molecule has 4 rings (SSSR count). The molecule has 10 heteroatoms. The number of carbonyl (C=O) groups excluding carboxylic acids is 1. The molecule has 1 aliphatic rings. The van der Waals surface area contributed by atoms with E-state index in [0.29, 0.717) is 29.3 Å². The smallest absolute Gasteiger partial charge is 0.229 e. The second kappa shape index (κ2) is 9.93. The number of nitrogens with one attached hydrogen (secondary N) is 2. The van der Waals surface area contributed by atoms with Crippen LogP contribution in [0.25, 0.3) is 0 Å². The molecule has 7 nitrogen and oxygen atoms in total. The van der Waals surface area contributed by atoms with Gasteiger partial charge < -0.3 is 5.32 Å². The molecule has 0 atom stereocenters. The number of nitrogens with zero attached hydrogens (tertiary/aromatic N) is 2. The van der Waals surface area contributed by atoms with E-state index in [2.05, 4.69) is 21.0 Å². The Morgan fingerprint density at radius 3 is 2.65 bits per heavy atom. The molecule has 0 aliphatic carbocycles. The van der Waals surface area contributed by atoms with Gasteiger partial charge in [-0.2, -0.15) is 5.26 Å². The Bertz CT molecular complexity index is 1360. The van der Waals surface area contributed by atoms with E-state index in [0.717, 1.165) is 40.8 Å². The van der Waals surface area contributed by atoms with Crippen LogP contribution in [0.3, 0.4) is 0 Å². The number of fused-ring (bicyclic) bond motifs is 1. The van der Waals surface area contributed by atoms with Crippen molar-refractivity contribution >= 4 is 38.0 Å². The minimum Gasteiger partial charge on any atom is -0.316 e. The lowest BCUT2D eigenvalue weighted by atomic mass is 10.0. The number of anilines is 2. The average Bonchev–Trinajstić information content (AvgIpc) is 3.10. The number of nitriles is 1. The zero-order valence-corrected chi connectivity index (χ0v) is 20.1. The van der Waals surface area contributed by atoms with Gasteiger partial charge in [0.25, 0.3) is 0 Å². The molecule has 2 N–H and O–H groups in total. The van der Waals surface area contributed by atoms with E-state index in [4.69, 9.17) is 0 Å². The summed E-state index contributed by atoms with van der Waals surface area (Å²) in [5, 5.41) is 13.2. The molecule has 2 heterocycles. The Labute approximate surface area is 201 Å². The molecule has 0 unspecified atom stereocenters. The number of carbonyl (C=O) groups is 1. The van der Waals surface area contributed by atoms with Crippen molar-refractivity contribution < 1.29 is 17.6 Å². The summed E-state index contributed by atoms with van der Waals surface area (Å²) >= 11 is 1.43. The van der Waals surface area contributed by atoms with Gasteiger partial charge in [-0.15, -0.1) is 11.3 Å². The van der Waals surface area contributed by atoms with Crippen LogP contribution < -0.4 is 10.0 Å². The lowest BCUT2D eigenvalue weighted by molar-refractivity contribution is -0.115. The molecule has 34 heavy (non-hydrogen) atoms. The molecule has 0 bridgehead atoms. The van der Waals surface area contributed by atoms with Crippen molar-refractivity contribution in [3.8, 4) is 6.07 Å². The SMILES string of the molecule is CS(=O)(=O)Nc1ccc(CC(=O)Nc2sc3c(c2C#N)CN(Cc2cccc(F)c2)CC3)cc1. The van der Waals surface area contributed by atoms with Gasteiger partial charge in [-0.05, 0) is 41.8 Å². The number of thiophene rings is 1. The van der Waals surface area contributed by atoms with Crippen LogP contribution in [0.15, 0.2) is 48.5 Å². The summed E-state index contributed by atoms with van der Waals surface area (Å²) in [5.41, 5.74) is 3.42. The number of hydrogen-bond donors (Lipinski definition) is 2. The van der Waals surface area contributed by atoms with E-state index in [9.17, 15) is 22.9 Å². The lowest BCUT2D eigenvalue weighted by Gasteiger charge is -2.27. The summed E-state index contributed by atoms with van der Waals surface area (Å²) in [6.07, 6.45) is 1.93. The zero-order chi connectivity index (χ0) is 24.3. The van der Waals surface area contributed by atoms with Crippen molar-refractivity contribution in [3.63, 3.8) is 0 Å². The molecule has 0 spiro atoms. The Balaban J connectivity index is 1.42. The Hall–Kier alpha value is -3.26. The topological polar surface area (TPSA) is 102 Å². The molecule has 0 saturated heterocycles. The number of halogens is 1. The van der Waals surface area contributed by atoms with E-state index in [-0.39, 0.29) is 18.1 Å². The highest BCUT2D eigenvalue weighted by atomic mass is 32.2. The summed E-state index contributed by atoms with van der Waals surface area (Å²) in [5.74, 6) is -0.523. The van der Waals surface area contributed by atoms with Gasteiger partial charge in [0.1, 0.15) is 16.9 Å². The molecular weight excluding hydrogens is 475 g/mol. The van der Waals surface area contributed by atoms with Crippen LogP contribution in [0.5, 0.6) is 0 Å². The fourth-order valence-electron chi connectivity index (χ4n) is 3.94. The van der Waals surface area contributed by atoms with Crippen LogP contribution >= 0.6 is 11.3 Å². The highest BCUT2D eigenvalue weighted by Gasteiger charge is 2.25. The van der Waals surface area contributed by atoms with Gasteiger partial charge in [0, 0.05) is 35.8 Å². The third-order valence-electron chi connectivity index (χ3n) is 5.41. The summed E-state index contributed by atoms with van der Waals surface area (Å²) in [6, 6.07) is 15.3. The van der Waals surface area contributed by atoms with Crippen LogP contribution in [-0.4, -0.2) is 32.0 Å². The summed E-state index contributed by atoms with van der Waals surface area (Å²) < 4.78 is 38.5. The van der Waals surface area contributed by atoms with Crippen molar-refractivity contribution in [1.82, 2.24) is 4.90 Å². The van der Waals surface area contributed by atoms with Crippen molar-refractivity contribution in [2.24, 2.45) is 0 Å². The number of amides is 1. The van der Waals surface area contributed by atoms with Gasteiger partial charge in [0.15, 0.2) is 0 Å². The normalized spacial score (nSPS) is 13.7. The highest BCUT2D eigenvalue weighted by molar-refractivity contribution is 7.92. The number of benzene rings is 2. The first-order valence-electron chi connectivity index (χ1n) is 10.6. The third-order valence-corrected chi connectivity index (χ3v) is 7.22. The van der Waals surface area contributed by atoms with Gasteiger partial charge in [-0.3, -0.25) is 14.4 Å². The van der Waals surface area contributed by atoms with E-state index < -0.39 is 10.0 Å². The molecule has 1 aliphatic heterocycles. The third kappa shape index (κ3) is 5.99. The first-order valence-corrected chi connectivity index (χ1v) is 13.3. The van der Waals surface area contributed by atoms with Gasteiger partial charge in [-0.25, -0.2) is 12.8 Å². The van der Waals surface area contributed by atoms with Crippen molar-refractivity contribution in [1.29, 1.82) is 5.26 Å². The summed E-state index contributed by atoms with van der Waals surface area (Å²) in [7, 11) is -3.37. The fraction of sp³-hybridized carbons (Fsp3) is 0.250. The quantitative estimate of drug-likeness (QED) is 0.515.